The highest BCUT2D eigenvalue weighted by molar-refractivity contribution is 6.27. The maximum absolute atomic E-state index is 11.3. The molecule has 0 radical (unpaired) electrons. The predicted molar refractivity (Wildman–Crippen MR) is 83.6 cm³/mol. The SMILES string of the molecule is CN(CCCOc1ccc(C(C)(C)C)cc1)C(=O)CCl. The standard InChI is InChI=1S/C16H24ClNO2/c1-16(2,3)13-6-8-14(9-7-13)20-11-5-10-18(4)15(19)12-17/h6-9H,5,10-12H2,1-4H3. The molecule has 4 heteroatoms. The third-order valence-corrected chi connectivity index (χ3v) is 3.40. The maximum Gasteiger partial charge on any atom is 0.237 e. The number of rotatable bonds is 6. The molecule has 0 N–H and O–H groups in total. The highest BCUT2D eigenvalue weighted by Crippen LogP contribution is 2.24. The number of nitrogens with zero attached hydrogens (tertiary/aromatic N) is 1. The van der Waals surface area contributed by atoms with E-state index < -0.39 is 0 Å². The van der Waals surface area contributed by atoms with E-state index >= 15 is 0 Å². The highest BCUT2D eigenvalue weighted by atomic mass is 35.5. The normalized spacial score (nSPS) is 11.2. The van der Waals surface area contributed by atoms with Gasteiger partial charge in [-0.15, -0.1) is 11.6 Å². The molecule has 0 fully saturated rings. The summed E-state index contributed by atoms with van der Waals surface area (Å²) in [5, 5.41) is 0. The first-order valence-corrected chi connectivity index (χ1v) is 7.41. The van der Waals surface area contributed by atoms with Crippen LogP contribution in [0.15, 0.2) is 24.3 Å². The summed E-state index contributed by atoms with van der Waals surface area (Å²) in [5.74, 6) is 0.844. The second kappa shape index (κ2) is 7.53. The van der Waals surface area contributed by atoms with E-state index in [-0.39, 0.29) is 17.2 Å². The van der Waals surface area contributed by atoms with Crippen LogP contribution in [0.4, 0.5) is 0 Å². The Kier molecular flexibility index (Phi) is 6.34. The average molecular weight is 298 g/mol. The molecule has 0 bridgehead atoms. The van der Waals surface area contributed by atoms with Gasteiger partial charge in [-0.05, 0) is 29.5 Å². The lowest BCUT2D eigenvalue weighted by Gasteiger charge is -2.19. The second-order valence-corrected chi connectivity index (χ2v) is 6.19. The van der Waals surface area contributed by atoms with E-state index in [4.69, 9.17) is 16.3 Å². The fraction of sp³-hybridized carbons (Fsp3) is 0.562. The lowest BCUT2D eigenvalue weighted by Crippen LogP contribution is -2.29. The summed E-state index contributed by atoms with van der Waals surface area (Å²) < 4.78 is 5.67. The van der Waals surface area contributed by atoms with E-state index in [2.05, 4.69) is 32.9 Å². The number of halogens is 1. The van der Waals surface area contributed by atoms with Gasteiger partial charge in [-0.3, -0.25) is 4.79 Å². The van der Waals surface area contributed by atoms with Gasteiger partial charge < -0.3 is 9.64 Å². The van der Waals surface area contributed by atoms with Crippen LogP contribution in [0.1, 0.15) is 32.8 Å². The summed E-state index contributed by atoms with van der Waals surface area (Å²) in [7, 11) is 1.75. The summed E-state index contributed by atoms with van der Waals surface area (Å²) in [6.45, 7) is 7.81. The lowest BCUT2D eigenvalue weighted by molar-refractivity contribution is -0.127. The Morgan fingerprint density at radius 2 is 1.85 bits per heavy atom. The molecular weight excluding hydrogens is 274 g/mol. The van der Waals surface area contributed by atoms with Crippen LogP contribution in [-0.4, -0.2) is 36.9 Å². The van der Waals surface area contributed by atoms with Crippen molar-refractivity contribution in [1.29, 1.82) is 0 Å². The Bertz CT molecular complexity index is 423. The first-order chi connectivity index (χ1) is 9.34. The molecule has 0 saturated heterocycles. The van der Waals surface area contributed by atoms with Gasteiger partial charge >= 0.3 is 0 Å². The van der Waals surface area contributed by atoms with Crippen LogP contribution in [0.5, 0.6) is 5.75 Å². The predicted octanol–water partition coefficient (Wildman–Crippen LogP) is 3.45. The molecule has 0 aliphatic heterocycles. The number of amides is 1. The van der Waals surface area contributed by atoms with Crippen molar-refractivity contribution in [3.05, 3.63) is 29.8 Å². The van der Waals surface area contributed by atoms with Gasteiger partial charge in [0.1, 0.15) is 11.6 Å². The number of benzene rings is 1. The van der Waals surface area contributed by atoms with Crippen molar-refractivity contribution in [3.8, 4) is 5.75 Å². The van der Waals surface area contributed by atoms with Crippen molar-refractivity contribution in [2.24, 2.45) is 0 Å². The molecule has 1 aromatic rings. The summed E-state index contributed by atoms with van der Waals surface area (Å²) >= 11 is 5.48. The minimum absolute atomic E-state index is 0.0334. The van der Waals surface area contributed by atoms with Crippen molar-refractivity contribution in [1.82, 2.24) is 4.90 Å². The van der Waals surface area contributed by atoms with Crippen LogP contribution in [-0.2, 0) is 10.2 Å². The zero-order valence-electron chi connectivity index (χ0n) is 12.8. The molecule has 1 amide bonds. The minimum atomic E-state index is -0.0544. The van der Waals surface area contributed by atoms with E-state index in [9.17, 15) is 4.79 Å². The maximum atomic E-state index is 11.3. The number of carbonyl (C=O) groups excluding carboxylic acids is 1. The van der Waals surface area contributed by atoms with Crippen molar-refractivity contribution in [2.45, 2.75) is 32.6 Å². The lowest BCUT2D eigenvalue weighted by atomic mass is 9.87. The van der Waals surface area contributed by atoms with Gasteiger partial charge in [-0.2, -0.15) is 0 Å². The molecule has 0 unspecified atom stereocenters. The molecule has 0 saturated carbocycles. The van der Waals surface area contributed by atoms with Gasteiger partial charge in [0.25, 0.3) is 0 Å². The number of ether oxygens (including phenoxy) is 1. The van der Waals surface area contributed by atoms with E-state index in [1.54, 1.807) is 11.9 Å². The van der Waals surface area contributed by atoms with Gasteiger partial charge in [0, 0.05) is 13.6 Å². The van der Waals surface area contributed by atoms with Crippen molar-refractivity contribution >= 4 is 17.5 Å². The van der Waals surface area contributed by atoms with E-state index in [0.717, 1.165) is 12.2 Å². The zero-order chi connectivity index (χ0) is 15.2. The van der Waals surface area contributed by atoms with Crippen molar-refractivity contribution < 1.29 is 9.53 Å². The summed E-state index contributed by atoms with van der Waals surface area (Å²) in [6, 6.07) is 8.18. The van der Waals surface area contributed by atoms with E-state index in [1.807, 2.05) is 12.1 Å². The Morgan fingerprint density at radius 1 is 1.25 bits per heavy atom. The van der Waals surface area contributed by atoms with Crippen LogP contribution in [0.3, 0.4) is 0 Å². The van der Waals surface area contributed by atoms with E-state index in [1.165, 1.54) is 5.56 Å². The van der Waals surface area contributed by atoms with Crippen molar-refractivity contribution in [2.75, 3.05) is 26.1 Å². The first-order valence-electron chi connectivity index (χ1n) is 6.88. The summed E-state index contributed by atoms with van der Waals surface area (Å²) in [6.07, 6.45) is 0.792. The molecule has 0 heterocycles. The molecule has 1 rings (SSSR count). The Hall–Kier alpha value is -1.22. The van der Waals surface area contributed by atoms with Gasteiger partial charge in [0.05, 0.1) is 6.61 Å². The minimum Gasteiger partial charge on any atom is -0.494 e. The van der Waals surface area contributed by atoms with Gasteiger partial charge in [-0.25, -0.2) is 0 Å². The van der Waals surface area contributed by atoms with Gasteiger partial charge in [-0.1, -0.05) is 32.9 Å². The van der Waals surface area contributed by atoms with Crippen LogP contribution < -0.4 is 4.74 Å². The Labute approximate surface area is 126 Å². The van der Waals surface area contributed by atoms with Crippen LogP contribution >= 0.6 is 11.6 Å². The second-order valence-electron chi connectivity index (χ2n) is 5.93. The molecule has 112 valence electrons. The highest BCUT2D eigenvalue weighted by Gasteiger charge is 2.13. The topological polar surface area (TPSA) is 29.5 Å². The zero-order valence-corrected chi connectivity index (χ0v) is 13.5. The molecular formula is C16H24ClNO2. The third-order valence-electron chi connectivity index (χ3n) is 3.17. The Balaban J connectivity index is 2.34. The number of carbonyl (C=O) groups is 1. The van der Waals surface area contributed by atoms with Crippen LogP contribution in [0.2, 0.25) is 0 Å². The monoisotopic (exact) mass is 297 g/mol. The largest absolute Gasteiger partial charge is 0.494 e. The quantitative estimate of drug-likeness (QED) is 0.594. The fourth-order valence-corrected chi connectivity index (χ4v) is 1.97. The smallest absolute Gasteiger partial charge is 0.237 e. The molecule has 0 spiro atoms. The molecule has 0 atom stereocenters. The fourth-order valence-electron chi connectivity index (χ4n) is 1.77. The number of alkyl halides is 1. The molecule has 20 heavy (non-hydrogen) atoms. The summed E-state index contributed by atoms with van der Waals surface area (Å²) in [5.41, 5.74) is 1.45. The van der Waals surface area contributed by atoms with Gasteiger partial charge in [0.15, 0.2) is 0 Å². The van der Waals surface area contributed by atoms with Crippen LogP contribution in [0, 0.1) is 0 Å². The molecule has 0 aliphatic rings. The van der Waals surface area contributed by atoms with Crippen molar-refractivity contribution in [3.63, 3.8) is 0 Å². The molecule has 1 aromatic carbocycles. The molecule has 3 nitrogen and oxygen atoms in total. The number of hydrogen-bond acceptors (Lipinski definition) is 2. The Morgan fingerprint density at radius 3 is 2.35 bits per heavy atom. The number of hydrogen-bond donors (Lipinski definition) is 0. The summed E-state index contributed by atoms with van der Waals surface area (Å²) in [4.78, 5) is 12.9. The van der Waals surface area contributed by atoms with Gasteiger partial charge in [0.2, 0.25) is 5.91 Å². The van der Waals surface area contributed by atoms with Crippen LogP contribution in [0.25, 0.3) is 0 Å². The molecule has 0 aromatic heterocycles. The molecule has 0 aliphatic carbocycles. The first kappa shape index (κ1) is 16.8. The third kappa shape index (κ3) is 5.41. The average Bonchev–Trinajstić information content (AvgIpc) is 2.42. The van der Waals surface area contributed by atoms with E-state index in [0.29, 0.717) is 13.2 Å².